The highest BCUT2D eigenvalue weighted by atomic mass is 32.2. The van der Waals surface area contributed by atoms with E-state index in [0.717, 1.165) is 19.3 Å². The first kappa shape index (κ1) is 16.5. The highest BCUT2D eigenvalue weighted by molar-refractivity contribution is 7.99. The Labute approximate surface area is 123 Å². The Kier molecular flexibility index (Phi) is 6.54. The first-order valence-corrected chi connectivity index (χ1v) is 8.28. The smallest absolute Gasteiger partial charge is 0.186 e. The molecule has 3 heterocycles. The fourth-order valence-electron chi connectivity index (χ4n) is 2.70. The molecule has 0 radical (unpaired) electrons. The Morgan fingerprint density at radius 3 is 2.75 bits per heavy atom. The average molecular weight is 308 g/mol. The van der Waals surface area contributed by atoms with E-state index in [1.54, 1.807) is 0 Å². The molecular formula is C13H24O6S. The Morgan fingerprint density at radius 2 is 2.00 bits per heavy atom. The van der Waals surface area contributed by atoms with Crippen LogP contribution in [-0.4, -0.2) is 75.9 Å². The predicted molar refractivity (Wildman–Crippen MR) is 74.4 cm³/mol. The van der Waals surface area contributed by atoms with Crippen molar-refractivity contribution in [2.75, 3.05) is 24.7 Å². The van der Waals surface area contributed by atoms with Crippen LogP contribution in [0.2, 0.25) is 0 Å². The number of fused-ring (bicyclic) bond motifs is 6. The van der Waals surface area contributed by atoms with E-state index in [2.05, 4.69) is 0 Å². The summed E-state index contributed by atoms with van der Waals surface area (Å²) in [7, 11) is 0. The van der Waals surface area contributed by atoms with Gasteiger partial charge in [0.05, 0.1) is 24.9 Å². The second kappa shape index (κ2) is 7.93. The zero-order valence-corrected chi connectivity index (χ0v) is 12.2. The molecule has 3 aliphatic rings. The molecule has 0 aromatic rings. The van der Waals surface area contributed by atoms with Crippen LogP contribution in [0.25, 0.3) is 0 Å². The van der Waals surface area contributed by atoms with Gasteiger partial charge in [-0.25, -0.2) is 0 Å². The maximum Gasteiger partial charge on any atom is 0.186 e. The summed E-state index contributed by atoms with van der Waals surface area (Å²) >= 11 is 1.47. The first-order chi connectivity index (χ1) is 9.63. The zero-order valence-electron chi connectivity index (χ0n) is 11.4. The summed E-state index contributed by atoms with van der Waals surface area (Å²) in [5, 5.41) is 38.3. The fraction of sp³-hybridized carbons (Fsp3) is 1.00. The average Bonchev–Trinajstić information content (AvgIpc) is 2.58. The van der Waals surface area contributed by atoms with Crippen LogP contribution in [0.15, 0.2) is 0 Å². The topological polar surface area (TPSA) is 99.4 Å². The lowest BCUT2D eigenvalue weighted by atomic mass is 9.86. The van der Waals surface area contributed by atoms with E-state index >= 15 is 0 Å². The minimum Gasteiger partial charge on any atom is -0.394 e. The van der Waals surface area contributed by atoms with Crippen molar-refractivity contribution < 1.29 is 29.9 Å². The van der Waals surface area contributed by atoms with E-state index in [1.807, 2.05) is 0 Å². The SMILES string of the molecule is OCC(O)CSCC1O[C@H]2OCCCC[C@@H]1[C@H](O)C2O. The Morgan fingerprint density at radius 1 is 1.20 bits per heavy atom. The summed E-state index contributed by atoms with van der Waals surface area (Å²) < 4.78 is 11.3. The number of rotatable bonds is 5. The van der Waals surface area contributed by atoms with Crippen molar-refractivity contribution in [2.45, 2.75) is 50.0 Å². The largest absolute Gasteiger partial charge is 0.394 e. The summed E-state index contributed by atoms with van der Waals surface area (Å²) in [6, 6.07) is 0. The predicted octanol–water partition coefficient (Wildman–Crippen LogP) is -0.664. The third-order valence-corrected chi connectivity index (χ3v) is 5.06. The van der Waals surface area contributed by atoms with Crippen molar-refractivity contribution in [1.29, 1.82) is 0 Å². The summed E-state index contributed by atoms with van der Waals surface area (Å²) in [5.74, 6) is 0.917. The molecule has 0 aliphatic carbocycles. The third kappa shape index (κ3) is 4.07. The maximum atomic E-state index is 10.2. The van der Waals surface area contributed by atoms with Gasteiger partial charge in [-0.15, -0.1) is 0 Å². The molecule has 0 saturated carbocycles. The van der Waals surface area contributed by atoms with Crippen LogP contribution < -0.4 is 0 Å². The number of hydrogen-bond donors (Lipinski definition) is 4. The monoisotopic (exact) mass is 308 g/mol. The van der Waals surface area contributed by atoms with E-state index in [4.69, 9.17) is 14.6 Å². The van der Waals surface area contributed by atoms with E-state index in [1.165, 1.54) is 11.8 Å². The van der Waals surface area contributed by atoms with Crippen molar-refractivity contribution >= 4 is 11.8 Å². The minimum atomic E-state index is -0.998. The molecule has 6 nitrogen and oxygen atoms in total. The normalized spacial score (nSPS) is 39.9. The number of thioether (sulfide) groups is 1. The van der Waals surface area contributed by atoms with Crippen LogP contribution in [0.1, 0.15) is 19.3 Å². The van der Waals surface area contributed by atoms with Gasteiger partial charge in [0.1, 0.15) is 6.10 Å². The standard InChI is InChI=1S/C13H24O6S/c14-5-8(15)6-20-7-10-9-3-1-2-4-18-13(19-10)12(17)11(9)16/h8-17H,1-7H2/t8?,9-,10?,11-,12?,13+/m0/s1. The molecule has 0 spiro atoms. The van der Waals surface area contributed by atoms with Crippen molar-refractivity contribution in [1.82, 2.24) is 0 Å². The van der Waals surface area contributed by atoms with Gasteiger partial charge in [0.25, 0.3) is 0 Å². The van der Waals surface area contributed by atoms with E-state index in [0.29, 0.717) is 18.1 Å². The molecule has 0 aromatic carbocycles. The van der Waals surface area contributed by atoms with Gasteiger partial charge < -0.3 is 29.9 Å². The molecule has 3 fully saturated rings. The van der Waals surface area contributed by atoms with Crippen molar-refractivity contribution in [3.05, 3.63) is 0 Å². The van der Waals surface area contributed by atoms with Crippen LogP contribution in [0, 0.1) is 5.92 Å². The van der Waals surface area contributed by atoms with E-state index in [9.17, 15) is 15.3 Å². The van der Waals surface area contributed by atoms with Gasteiger partial charge in [-0.3, -0.25) is 0 Å². The van der Waals surface area contributed by atoms with Gasteiger partial charge in [-0.1, -0.05) is 6.42 Å². The second-order valence-corrected chi connectivity index (χ2v) is 6.50. The molecule has 3 rings (SSSR count). The van der Waals surface area contributed by atoms with Gasteiger partial charge in [-0.2, -0.15) is 11.8 Å². The minimum absolute atomic E-state index is 0.110. The first-order valence-electron chi connectivity index (χ1n) is 7.13. The lowest BCUT2D eigenvalue weighted by molar-refractivity contribution is -0.277. The van der Waals surface area contributed by atoms with E-state index < -0.39 is 24.6 Å². The van der Waals surface area contributed by atoms with E-state index in [-0.39, 0.29) is 18.6 Å². The number of hydrogen-bond acceptors (Lipinski definition) is 7. The van der Waals surface area contributed by atoms with Crippen molar-refractivity contribution in [3.8, 4) is 0 Å². The van der Waals surface area contributed by atoms with Gasteiger partial charge in [0.15, 0.2) is 6.29 Å². The highest BCUT2D eigenvalue weighted by Crippen LogP contribution is 2.33. The van der Waals surface area contributed by atoms with Gasteiger partial charge in [0.2, 0.25) is 0 Å². The molecule has 6 atom stereocenters. The summed E-state index contributed by atoms with van der Waals surface area (Å²) in [5.41, 5.74) is 0. The lowest BCUT2D eigenvalue weighted by Crippen LogP contribution is -2.55. The molecule has 3 saturated heterocycles. The molecule has 0 amide bonds. The van der Waals surface area contributed by atoms with Crippen molar-refractivity contribution in [3.63, 3.8) is 0 Å². The molecule has 0 aromatic heterocycles. The summed E-state index contributed by atoms with van der Waals surface area (Å²) in [4.78, 5) is 0. The third-order valence-electron chi connectivity index (χ3n) is 3.87. The van der Waals surface area contributed by atoms with Gasteiger partial charge >= 0.3 is 0 Å². The molecule has 20 heavy (non-hydrogen) atoms. The Hall–Kier alpha value is 0.110. The van der Waals surface area contributed by atoms with Gasteiger partial charge in [-0.05, 0) is 12.8 Å². The second-order valence-electron chi connectivity index (χ2n) is 5.43. The van der Waals surface area contributed by atoms with Gasteiger partial charge in [0, 0.05) is 24.0 Å². The summed E-state index contributed by atoms with van der Waals surface area (Å²) in [6.45, 7) is 0.277. The summed E-state index contributed by atoms with van der Waals surface area (Å²) in [6.07, 6.45) is -0.908. The number of ether oxygens (including phenoxy) is 2. The Balaban J connectivity index is 1.93. The van der Waals surface area contributed by atoms with Crippen LogP contribution in [0.4, 0.5) is 0 Å². The molecule has 7 heteroatoms. The number of aliphatic hydroxyl groups is 4. The molecule has 3 unspecified atom stereocenters. The molecule has 2 bridgehead atoms. The van der Waals surface area contributed by atoms with Crippen LogP contribution in [0.3, 0.4) is 0 Å². The molecule has 118 valence electrons. The lowest BCUT2D eigenvalue weighted by Gasteiger charge is -2.42. The van der Waals surface area contributed by atoms with Crippen LogP contribution in [-0.2, 0) is 9.47 Å². The quantitative estimate of drug-likeness (QED) is 0.535. The molecule has 3 aliphatic heterocycles. The maximum absolute atomic E-state index is 10.2. The molecule has 4 N–H and O–H groups in total. The van der Waals surface area contributed by atoms with Crippen LogP contribution >= 0.6 is 11.8 Å². The fourth-order valence-corrected chi connectivity index (χ4v) is 3.77. The van der Waals surface area contributed by atoms with Crippen molar-refractivity contribution in [2.24, 2.45) is 5.92 Å². The molecular weight excluding hydrogens is 284 g/mol. The van der Waals surface area contributed by atoms with Crippen LogP contribution in [0.5, 0.6) is 0 Å². The zero-order chi connectivity index (χ0) is 14.5. The number of aliphatic hydroxyl groups excluding tert-OH is 4. The Bertz CT molecular complexity index is 290. The highest BCUT2D eigenvalue weighted by Gasteiger charge is 2.44.